The molecular weight excluding hydrogens is 396 g/mol. The fourth-order valence-corrected chi connectivity index (χ4v) is 4.54. The summed E-state index contributed by atoms with van der Waals surface area (Å²) in [6, 6.07) is 29.5. The van der Waals surface area contributed by atoms with Gasteiger partial charge in [-0.3, -0.25) is 0 Å². The Bertz CT molecular complexity index is 924. The van der Waals surface area contributed by atoms with Crippen LogP contribution < -0.4 is 19.3 Å². The predicted molar refractivity (Wildman–Crippen MR) is 128 cm³/mol. The van der Waals surface area contributed by atoms with Gasteiger partial charge >= 0.3 is 0 Å². The van der Waals surface area contributed by atoms with Gasteiger partial charge in [-0.25, -0.2) is 0 Å². The Labute approximate surface area is 192 Å². The Balaban J connectivity index is 1.34. The van der Waals surface area contributed by atoms with E-state index in [1.54, 1.807) is 9.80 Å². The molecule has 1 saturated heterocycles. The van der Waals surface area contributed by atoms with Gasteiger partial charge in [0.2, 0.25) is 0 Å². The molecule has 3 aromatic carbocycles. The van der Waals surface area contributed by atoms with Crippen LogP contribution in [0.4, 0.5) is 0 Å². The fourth-order valence-electron chi connectivity index (χ4n) is 4.54. The maximum absolute atomic E-state index is 6.53. The molecule has 168 valence electrons. The molecule has 4 rings (SSSR count). The number of quaternary nitrogens is 2. The summed E-state index contributed by atoms with van der Waals surface area (Å²) in [5.41, 5.74) is 2.67. The summed E-state index contributed by atoms with van der Waals surface area (Å²) in [6.45, 7) is 9.80. The highest BCUT2D eigenvalue weighted by Crippen LogP contribution is 2.32. The summed E-state index contributed by atoms with van der Waals surface area (Å²) in [4.78, 5) is 3.38. The number of rotatable bonds is 10. The lowest BCUT2D eigenvalue weighted by Crippen LogP contribution is -3.27. The van der Waals surface area contributed by atoms with Crippen LogP contribution in [0, 0.1) is 0 Å². The average molecular weight is 433 g/mol. The number of nitrogens with one attached hydrogen (secondary N) is 2. The van der Waals surface area contributed by atoms with Gasteiger partial charge in [-0.15, -0.1) is 0 Å². The quantitative estimate of drug-likeness (QED) is 0.515. The van der Waals surface area contributed by atoms with Crippen molar-refractivity contribution < 1.29 is 19.3 Å². The standard InChI is InChI=1S/C28H34N2O2/c1-2-31-27-15-9-10-16-28(27)32-26(25-13-7-4-8-14-25)17-18-29-19-21-30(22-20-29)23-24-11-5-3-6-12-24/h3-16,26H,2,17-23H2,1H3/p+2/t26-/m1/s1. The second kappa shape index (κ2) is 11.7. The molecule has 1 fully saturated rings. The van der Waals surface area contributed by atoms with Crippen molar-refractivity contribution in [3.63, 3.8) is 0 Å². The van der Waals surface area contributed by atoms with Gasteiger partial charge in [0, 0.05) is 12.0 Å². The maximum Gasteiger partial charge on any atom is 0.162 e. The van der Waals surface area contributed by atoms with Gasteiger partial charge in [-0.1, -0.05) is 72.8 Å². The molecule has 1 heterocycles. The van der Waals surface area contributed by atoms with E-state index in [-0.39, 0.29) is 6.10 Å². The van der Waals surface area contributed by atoms with Crippen molar-refractivity contribution in [2.24, 2.45) is 0 Å². The smallest absolute Gasteiger partial charge is 0.162 e. The van der Waals surface area contributed by atoms with Crippen LogP contribution in [0.25, 0.3) is 0 Å². The summed E-state index contributed by atoms with van der Waals surface area (Å²) < 4.78 is 12.3. The number of para-hydroxylation sites is 2. The van der Waals surface area contributed by atoms with Crippen LogP contribution in [-0.4, -0.2) is 39.3 Å². The average Bonchev–Trinajstić information content (AvgIpc) is 2.85. The molecule has 4 nitrogen and oxygen atoms in total. The van der Waals surface area contributed by atoms with Crippen LogP contribution in [0.3, 0.4) is 0 Å². The van der Waals surface area contributed by atoms with E-state index in [0.717, 1.165) is 31.0 Å². The minimum absolute atomic E-state index is 0.0278. The molecule has 4 heteroatoms. The second-order valence-corrected chi connectivity index (χ2v) is 8.60. The molecule has 32 heavy (non-hydrogen) atoms. The van der Waals surface area contributed by atoms with Crippen LogP contribution in [-0.2, 0) is 6.54 Å². The van der Waals surface area contributed by atoms with Gasteiger partial charge in [0.25, 0.3) is 0 Å². The summed E-state index contributed by atoms with van der Waals surface area (Å²) >= 11 is 0. The van der Waals surface area contributed by atoms with Crippen LogP contribution in [0.15, 0.2) is 84.9 Å². The molecule has 1 atom stereocenters. The monoisotopic (exact) mass is 432 g/mol. The highest BCUT2D eigenvalue weighted by Gasteiger charge is 2.25. The molecular formula is C28H36N2O2+2. The SMILES string of the molecule is CCOc1ccccc1O[C@H](CC[NH+]1CC[NH+](Cc2ccccc2)CC1)c1ccccc1. The van der Waals surface area contributed by atoms with Crippen molar-refractivity contribution in [1.29, 1.82) is 0 Å². The maximum atomic E-state index is 6.53. The van der Waals surface area contributed by atoms with Crippen LogP contribution >= 0.6 is 0 Å². The fraction of sp³-hybridized carbons (Fsp3) is 0.357. The Kier molecular flexibility index (Phi) is 8.18. The third kappa shape index (κ3) is 6.35. The van der Waals surface area contributed by atoms with E-state index < -0.39 is 0 Å². The van der Waals surface area contributed by atoms with Crippen molar-refractivity contribution in [1.82, 2.24) is 0 Å². The molecule has 2 N–H and O–H groups in total. The molecule has 0 saturated carbocycles. The lowest BCUT2D eigenvalue weighted by Gasteiger charge is -2.31. The minimum Gasteiger partial charge on any atom is -0.490 e. The summed E-state index contributed by atoms with van der Waals surface area (Å²) in [7, 11) is 0. The number of piperazine rings is 1. The van der Waals surface area contributed by atoms with Crippen molar-refractivity contribution in [3.8, 4) is 11.5 Å². The number of hydrogen-bond acceptors (Lipinski definition) is 2. The molecule has 0 radical (unpaired) electrons. The zero-order chi connectivity index (χ0) is 22.0. The third-order valence-corrected chi connectivity index (χ3v) is 6.31. The topological polar surface area (TPSA) is 27.3 Å². The van der Waals surface area contributed by atoms with Gasteiger partial charge in [0.15, 0.2) is 11.5 Å². The molecule has 1 aliphatic heterocycles. The summed E-state index contributed by atoms with van der Waals surface area (Å²) in [5.74, 6) is 1.65. The van der Waals surface area contributed by atoms with E-state index in [1.807, 2.05) is 31.2 Å². The molecule has 0 bridgehead atoms. The summed E-state index contributed by atoms with van der Waals surface area (Å²) in [5, 5.41) is 0. The second-order valence-electron chi connectivity index (χ2n) is 8.60. The van der Waals surface area contributed by atoms with E-state index >= 15 is 0 Å². The van der Waals surface area contributed by atoms with Crippen LogP contribution in [0.5, 0.6) is 11.5 Å². The molecule has 0 aliphatic carbocycles. The first-order valence-electron chi connectivity index (χ1n) is 12.0. The number of benzene rings is 3. The predicted octanol–water partition coefficient (Wildman–Crippen LogP) is 2.58. The molecule has 3 aromatic rings. The van der Waals surface area contributed by atoms with E-state index in [4.69, 9.17) is 9.47 Å². The van der Waals surface area contributed by atoms with E-state index in [9.17, 15) is 0 Å². The summed E-state index contributed by atoms with van der Waals surface area (Å²) in [6.07, 6.45) is 1.02. The first-order chi connectivity index (χ1) is 15.8. The molecule has 0 amide bonds. The van der Waals surface area contributed by atoms with Crippen molar-refractivity contribution >= 4 is 0 Å². The van der Waals surface area contributed by atoms with Crippen LogP contribution in [0.2, 0.25) is 0 Å². The Morgan fingerprint density at radius 3 is 2.00 bits per heavy atom. The minimum atomic E-state index is 0.0278. The van der Waals surface area contributed by atoms with Gasteiger partial charge in [0.1, 0.15) is 38.8 Å². The largest absolute Gasteiger partial charge is 0.490 e. The lowest BCUT2D eigenvalue weighted by atomic mass is 10.1. The Hall–Kier alpha value is -2.82. The van der Waals surface area contributed by atoms with Crippen LogP contribution in [0.1, 0.15) is 30.6 Å². The third-order valence-electron chi connectivity index (χ3n) is 6.31. The Morgan fingerprint density at radius 1 is 0.719 bits per heavy atom. The first-order valence-corrected chi connectivity index (χ1v) is 12.0. The first kappa shape index (κ1) is 22.4. The highest BCUT2D eigenvalue weighted by molar-refractivity contribution is 5.40. The van der Waals surface area contributed by atoms with Crippen molar-refractivity contribution in [2.75, 3.05) is 39.3 Å². The lowest BCUT2D eigenvalue weighted by molar-refractivity contribution is -1.02. The van der Waals surface area contributed by atoms with Crippen molar-refractivity contribution in [2.45, 2.75) is 26.0 Å². The van der Waals surface area contributed by atoms with Gasteiger partial charge in [0.05, 0.1) is 13.2 Å². The molecule has 1 aliphatic rings. The van der Waals surface area contributed by atoms with E-state index in [1.165, 1.54) is 37.3 Å². The zero-order valence-electron chi connectivity index (χ0n) is 19.1. The molecule has 0 unspecified atom stereocenters. The van der Waals surface area contributed by atoms with E-state index in [2.05, 4.69) is 60.7 Å². The number of ether oxygens (including phenoxy) is 2. The normalized spacial score (nSPS) is 19.3. The highest BCUT2D eigenvalue weighted by atomic mass is 16.5. The number of hydrogen-bond donors (Lipinski definition) is 2. The molecule has 0 spiro atoms. The van der Waals surface area contributed by atoms with Gasteiger partial charge in [-0.2, -0.15) is 0 Å². The van der Waals surface area contributed by atoms with Crippen molar-refractivity contribution in [3.05, 3.63) is 96.1 Å². The van der Waals surface area contributed by atoms with E-state index in [0.29, 0.717) is 6.61 Å². The zero-order valence-corrected chi connectivity index (χ0v) is 19.1. The molecule has 0 aromatic heterocycles. The Morgan fingerprint density at radius 2 is 1.31 bits per heavy atom. The van der Waals surface area contributed by atoms with Gasteiger partial charge < -0.3 is 19.3 Å². The van der Waals surface area contributed by atoms with Gasteiger partial charge in [-0.05, 0) is 24.6 Å².